The van der Waals surface area contributed by atoms with Crippen molar-refractivity contribution in [2.24, 2.45) is 0 Å². The topological polar surface area (TPSA) is 64.3 Å². The van der Waals surface area contributed by atoms with Gasteiger partial charge in [-0.3, -0.25) is 4.79 Å². The van der Waals surface area contributed by atoms with Gasteiger partial charge in [0.25, 0.3) is 5.91 Å². The molecule has 0 spiro atoms. The fourth-order valence-corrected chi connectivity index (χ4v) is 2.66. The van der Waals surface area contributed by atoms with E-state index in [4.69, 9.17) is 10.5 Å². The summed E-state index contributed by atoms with van der Waals surface area (Å²) < 4.78 is 6.15. The van der Waals surface area contributed by atoms with E-state index < -0.39 is 0 Å². The van der Waals surface area contributed by atoms with Crippen LogP contribution in [-0.2, 0) is 0 Å². The first-order valence-electron chi connectivity index (χ1n) is 6.44. The minimum absolute atomic E-state index is 0.237. The van der Waals surface area contributed by atoms with Crippen molar-refractivity contribution in [1.82, 2.24) is 0 Å². The van der Waals surface area contributed by atoms with E-state index in [1.54, 1.807) is 19.2 Å². The Kier molecular flexibility index (Phi) is 4.53. The summed E-state index contributed by atoms with van der Waals surface area (Å²) in [4.78, 5) is 12.4. The van der Waals surface area contributed by atoms with Crippen LogP contribution in [0.25, 0.3) is 0 Å². The second kappa shape index (κ2) is 6.18. The van der Waals surface area contributed by atoms with Crippen molar-refractivity contribution in [3.8, 4) is 5.75 Å². The van der Waals surface area contributed by atoms with Gasteiger partial charge in [-0.2, -0.15) is 0 Å². The maximum Gasteiger partial charge on any atom is 0.259 e. The minimum Gasteiger partial charge on any atom is -0.496 e. The first-order valence-corrected chi connectivity index (χ1v) is 7.23. The molecule has 2 aromatic rings. The molecular formula is C16H17BrN2O2. The lowest BCUT2D eigenvalue weighted by molar-refractivity contribution is 0.102. The molecule has 0 atom stereocenters. The van der Waals surface area contributed by atoms with Crippen molar-refractivity contribution in [2.75, 3.05) is 18.2 Å². The maximum atomic E-state index is 12.4. The van der Waals surface area contributed by atoms with Gasteiger partial charge in [0.1, 0.15) is 5.75 Å². The molecule has 1 amide bonds. The fourth-order valence-electron chi connectivity index (χ4n) is 2.09. The molecular weight excluding hydrogens is 332 g/mol. The van der Waals surface area contributed by atoms with Crippen LogP contribution in [0.3, 0.4) is 0 Å². The SMILES string of the molecule is COc1c(C)cc(Br)cc1C(=O)Nc1ccc(C)c(N)c1. The molecule has 0 aliphatic carbocycles. The molecule has 5 heteroatoms. The summed E-state index contributed by atoms with van der Waals surface area (Å²) in [5.41, 5.74) is 9.50. The van der Waals surface area contributed by atoms with Crippen molar-refractivity contribution in [3.63, 3.8) is 0 Å². The number of methoxy groups -OCH3 is 1. The van der Waals surface area contributed by atoms with Crippen molar-refractivity contribution >= 4 is 33.2 Å². The van der Waals surface area contributed by atoms with E-state index in [0.717, 1.165) is 15.6 Å². The van der Waals surface area contributed by atoms with Gasteiger partial charge in [-0.15, -0.1) is 0 Å². The molecule has 110 valence electrons. The number of rotatable bonds is 3. The van der Waals surface area contributed by atoms with Crippen LogP contribution in [0, 0.1) is 13.8 Å². The number of carbonyl (C=O) groups is 1. The third-order valence-electron chi connectivity index (χ3n) is 3.23. The number of nitrogens with two attached hydrogens (primary N) is 1. The smallest absolute Gasteiger partial charge is 0.259 e. The lowest BCUT2D eigenvalue weighted by Gasteiger charge is -2.13. The number of carbonyl (C=O) groups excluding carboxylic acids is 1. The van der Waals surface area contributed by atoms with E-state index in [1.807, 2.05) is 32.0 Å². The zero-order valence-corrected chi connectivity index (χ0v) is 13.7. The maximum absolute atomic E-state index is 12.4. The minimum atomic E-state index is -0.237. The second-order valence-corrected chi connectivity index (χ2v) is 5.74. The van der Waals surface area contributed by atoms with Crippen molar-refractivity contribution in [2.45, 2.75) is 13.8 Å². The molecule has 0 aromatic heterocycles. The number of nitrogens with one attached hydrogen (secondary N) is 1. The van der Waals surface area contributed by atoms with E-state index in [2.05, 4.69) is 21.2 Å². The lowest BCUT2D eigenvalue weighted by atomic mass is 10.1. The Hall–Kier alpha value is -2.01. The van der Waals surface area contributed by atoms with Gasteiger partial charge >= 0.3 is 0 Å². The summed E-state index contributed by atoms with van der Waals surface area (Å²) in [5, 5.41) is 2.84. The number of hydrogen-bond acceptors (Lipinski definition) is 3. The van der Waals surface area contributed by atoms with E-state index in [1.165, 1.54) is 0 Å². The molecule has 2 rings (SSSR count). The van der Waals surface area contributed by atoms with Crippen LogP contribution in [0.15, 0.2) is 34.8 Å². The largest absolute Gasteiger partial charge is 0.496 e. The van der Waals surface area contributed by atoms with Crippen LogP contribution >= 0.6 is 15.9 Å². The summed E-state index contributed by atoms with van der Waals surface area (Å²) in [6, 6.07) is 9.07. The molecule has 0 bridgehead atoms. The van der Waals surface area contributed by atoms with E-state index in [9.17, 15) is 4.79 Å². The highest BCUT2D eigenvalue weighted by molar-refractivity contribution is 9.10. The zero-order valence-electron chi connectivity index (χ0n) is 12.2. The number of halogens is 1. The predicted molar refractivity (Wildman–Crippen MR) is 89.0 cm³/mol. The monoisotopic (exact) mass is 348 g/mol. The Morgan fingerprint density at radius 3 is 2.52 bits per heavy atom. The first-order chi connectivity index (χ1) is 9.92. The molecule has 0 saturated carbocycles. The third kappa shape index (κ3) is 3.36. The van der Waals surface area contributed by atoms with Crippen LogP contribution in [0.4, 0.5) is 11.4 Å². The zero-order chi connectivity index (χ0) is 15.6. The van der Waals surface area contributed by atoms with E-state index in [0.29, 0.717) is 22.7 Å². The highest BCUT2D eigenvalue weighted by Crippen LogP contribution is 2.28. The molecule has 0 aliphatic rings. The Bertz CT molecular complexity index is 699. The molecule has 0 unspecified atom stereocenters. The molecule has 0 aliphatic heterocycles. The lowest BCUT2D eigenvalue weighted by Crippen LogP contribution is -2.14. The van der Waals surface area contributed by atoms with Gasteiger partial charge in [0.05, 0.1) is 12.7 Å². The summed E-state index contributed by atoms with van der Waals surface area (Å²) >= 11 is 3.40. The van der Waals surface area contributed by atoms with Gasteiger partial charge in [0, 0.05) is 15.8 Å². The van der Waals surface area contributed by atoms with Gasteiger partial charge in [0.2, 0.25) is 0 Å². The van der Waals surface area contributed by atoms with Gasteiger partial charge in [-0.05, 0) is 49.2 Å². The Morgan fingerprint density at radius 2 is 1.90 bits per heavy atom. The average molecular weight is 349 g/mol. The normalized spacial score (nSPS) is 10.3. The van der Waals surface area contributed by atoms with Crippen LogP contribution in [0.5, 0.6) is 5.75 Å². The van der Waals surface area contributed by atoms with Gasteiger partial charge in [-0.1, -0.05) is 22.0 Å². The summed E-state index contributed by atoms with van der Waals surface area (Å²) in [6.45, 7) is 3.81. The highest BCUT2D eigenvalue weighted by Gasteiger charge is 2.16. The van der Waals surface area contributed by atoms with Gasteiger partial charge in [0.15, 0.2) is 0 Å². The number of ether oxygens (including phenoxy) is 1. The fraction of sp³-hybridized carbons (Fsp3) is 0.188. The number of nitrogen functional groups attached to an aromatic ring is 1. The number of aryl methyl sites for hydroxylation is 2. The molecule has 2 aromatic carbocycles. The van der Waals surface area contributed by atoms with Crippen molar-refractivity contribution < 1.29 is 9.53 Å². The molecule has 21 heavy (non-hydrogen) atoms. The highest BCUT2D eigenvalue weighted by atomic mass is 79.9. The van der Waals surface area contributed by atoms with E-state index >= 15 is 0 Å². The van der Waals surface area contributed by atoms with E-state index in [-0.39, 0.29) is 5.91 Å². The predicted octanol–water partition coefficient (Wildman–Crippen LogP) is 3.91. The Morgan fingerprint density at radius 1 is 1.19 bits per heavy atom. The summed E-state index contributed by atoms with van der Waals surface area (Å²) in [5.74, 6) is 0.329. The standard InChI is InChI=1S/C16H17BrN2O2/c1-9-4-5-12(8-14(9)18)19-16(20)13-7-11(17)6-10(2)15(13)21-3/h4-8H,18H2,1-3H3,(H,19,20). The molecule has 3 N–H and O–H groups in total. The van der Waals surface area contributed by atoms with Crippen LogP contribution in [-0.4, -0.2) is 13.0 Å². The average Bonchev–Trinajstić information content (AvgIpc) is 2.42. The van der Waals surface area contributed by atoms with Crippen LogP contribution in [0.1, 0.15) is 21.5 Å². The van der Waals surface area contributed by atoms with Crippen molar-refractivity contribution in [1.29, 1.82) is 0 Å². The number of benzene rings is 2. The molecule has 0 fully saturated rings. The molecule has 0 radical (unpaired) electrons. The molecule has 4 nitrogen and oxygen atoms in total. The number of anilines is 2. The molecule has 0 saturated heterocycles. The molecule has 0 heterocycles. The van der Waals surface area contributed by atoms with Crippen LogP contribution < -0.4 is 15.8 Å². The summed E-state index contributed by atoms with van der Waals surface area (Å²) in [6.07, 6.45) is 0. The van der Waals surface area contributed by atoms with Crippen molar-refractivity contribution in [3.05, 3.63) is 51.5 Å². The first kappa shape index (κ1) is 15.4. The Balaban J connectivity index is 2.34. The Labute approximate surface area is 132 Å². The number of amides is 1. The van der Waals surface area contributed by atoms with Gasteiger partial charge < -0.3 is 15.8 Å². The number of hydrogen-bond donors (Lipinski definition) is 2. The quantitative estimate of drug-likeness (QED) is 0.826. The van der Waals surface area contributed by atoms with Crippen LogP contribution in [0.2, 0.25) is 0 Å². The summed E-state index contributed by atoms with van der Waals surface area (Å²) in [7, 11) is 1.55. The second-order valence-electron chi connectivity index (χ2n) is 4.83. The van der Waals surface area contributed by atoms with Gasteiger partial charge in [-0.25, -0.2) is 0 Å². The third-order valence-corrected chi connectivity index (χ3v) is 3.68.